The fourth-order valence-corrected chi connectivity index (χ4v) is 2.96. The average Bonchev–Trinajstić information content (AvgIpc) is 3.34. The van der Waals surface area contributed by atoms with Gasteiger partial charge in [-0.25, -0.2) is 0 Å². The third-order valence-electron chi connectivity index (χ3n) is 4.48. The van der Waals surface area contributed by atoms with E-state index in [0.29, 0.717) is 29.3 Å². The van der Waals surface area contributed by atoms with Crippen molar-refractivity contribution in [3.63, 3.8) is 0 Å². The van der Waals surface area contributed by atoms with Gasteiger partial charge in [-0.3, -0.25) is 14.3 Å². The van der Waals surface area contributed by atoms with E-state index in [4.69, 9.17) is 0 Å². The molecule has 2 heterocycles. The van der Waals surface area contributed by atoms with Crippen molar-refractivity contribution in [1.29, 1.82) is 0 Å². The Hall–Kier alpha value is -4.02. The van der Waals surface area contributed by atoms with Gasteiger partial charge in [-0.05, 0) is 50.0 Å². The fourth-order valence-electron chi connectivity index (χ4n) is 2.96. The van der Waals surface area contributed by atoms with Crippen molar-refractivity contribution in [3.05, 3.63) is 64.1 Å². The first-order valence-corrected chi connectivity index (χ1v) is 9.24. The second kappa shape index (κ2) is 8.55. The zero-order valence-electron chi connectivity index (χ0n) is 16.7. The van der Waals surface area contributed by atoms with Crippen LogP contribution in [0.15, 0.2) is 42.6 Å². The molecule has 1 unspecified atom stereocenters. The molecule has 3 aromatic rings. The number of benzene rings is 1. The molecule has 11 nitrogen and oxygen atoms in total. The minimum Gasteiger partial charge on any atom is -0.358 e. The summed E-state index contributed by atoms with van der Waals surface area (Å²) in [7, 11) is 0. The molecular weight excluding hydrogens is 390 g/mol. The van der Waals surface area contributed by atoms with Crippen molar-refractivity contribution in [2.24, 2.45) is 0 Å². The molecule has 30 heavy (non-hydrogen) atoms. The van der Waals surface area contributed by atoms with E-state index in [1.165, 1.54) is 10.7 Å². The Kier molecular flexibility index (Phi) is 5.90. The molecule has 0 aliphatic rings. The third kappa shape index (κ3) is 4.35. The Balaban J connectivity index is 1.71. The molecule has 0 radical (unpaired) electrons. The quantitative estimate of drug-likeness (QED) is 0.453. The van der Waals surface area contributed by atoms with E-state index in [9.17, 15) is 19.7 Å². The van der Waals surface area contributed by atoms with Gasteiger partial charge in [0.2, 0.25) is 0 Å². The van der Waals surface area contributed by atoms with Crippen LogP contribution in [0.25, 0.3) is 0 Å². The van der Waals surface area contributed by atoms with Gasteiger partial charge in [-0.2, -0.15) is 9.78 Å². The van der Waals surface area contributed by atoms with E-state index < -0.39 is 16.9 Å². The summed E-state index contributed by atoms with van der Waals surface area (Å²) in [5.74, 6) is -1.03. The summed E-state index contributed by atoms with van der Waals surface area (Å²) in [6.45, 7) is 5.68. The van der Waals surface area contributed by atoms with E-state index in [1.807, 2.05) is 6.92 Å². The molecule has 156 valence electrons. The SMILES string of the molecule is CCn1nccc1C(=O)Nc1cccc(NC(=O)C(C)n2nc([N+](=O)[O-])cc2C)c1. The number of anilines is 2. The van der Waals surface area contributed by atoms with Crippen LogP contribution in [0.3, 0.4) is 0 Å². The number of carbonyl (C=O) groups excluding carboxylic acids is 2. The maximum absolute atomic E-state index is 12.6. The van der Waals surface area contributed by atoms with E-state index in [1.54, 1.807) is 55.1 Å². The fraction of sp³-hybridized carbons (Fsp3) is 0.263. The largest absolute Gasteiger partial charge is 0.390 e. The Morgan fingerprint density at radius 3 is 2.53 bits per heavy atom. The first kappa shape index (κ1) is 20.7. The number of carbonyl (C=O) groups is 2. The van der Waals surface area contributed by atoms with Crippen molar-refractivity contribution in [1.82, 2.24) is 19.6 Å². The van der Waals surface area contributed by atoms with Crippen LogP contribution in [-0.2, 0) is 11.3 Å². The number of amides is 2. The number of rotatable bonds is 7. The van der Waals surface area contributed by atoms with E-state index in [-0.39, 0.29) is 11.7 Å². The lowest BCUT2D eigenvalue weighted by Gasteiger charge is -2.13. The first-order valence-electron chi connectivity index (χ1n) is 9.24. The standard InChI is InChI=1S/C19H21N7O4/c1-4-24-16(8-9-20-24)19(28)22-15-7-5-6-14(11-15)21-18(27)13(3)25-12(2)10-17(23-25)26(29)30/h5-11,13H,4H2,1-3H3,(H,21,27)(H,22,28). The second-order valence-electron chi connectivity index (χ2n) is 6.58. The molecule has 0 spiro atoms. The predicted molar refractivity (Wildman–Crippen MR) is 109 cm³/mol. The summed E-state index contributed by atoms with van der Waals surface area (Å²) in [5, 5.41) is 24.3. The monoisotopic (exact) mass is 411 g/mol. The number of nitrogens with zero attached hydrogens (tertiary/aromatic N) is 5. The van der Waals surface area contributed by atoms with Gasteiger partial charge >= 0.3 is 5.82 Å². The minimum atomic E-state index is -0.768. The van der Waals surface area contributed by atoms with Gasteiger partial charge in [0, 0.05) is 24.1 Å². The number of aromatic nitrogens is 4. The normalized spacial score (nSPS) is 11.7. The zero-order valence-corrected chi connectivity index (χ0v) is 16.7. The summed E-state index contributed by atoms with van der Waals surface area (Å²) in [6, 6.07) is 8.85. The van der Waals surface area contributed by atoms with Crippen LogP contribution < -0.4 is 10.6 Å². The summed E-state index contributed by atoms with van der Waals surface area (Å²) in [5.41, 5.74) is 1.89. The molecule has 1 aromatic carbocycles. The number of hydrogen-bond donors (Lipinski definition) is 2. The summed E-state index contributed by atoms with van der Waals surface area (Å²) >= 11 is 0. The van der Waals surface area contributed by atoms with Gasteiger partial charge in [0.25, 0.3) is 11.8 Å². The van der Waals surface area contributed by atoms with Crippen LogP contribution in [0.1, 0.15) is 36.1 Å². The molecule has 0 saturated heterocycles. The molecule has 0 saturated carbocycles. The highest BCUT2D eigenvalue weighted by molar-refractivity contribution is 6.03. The van der Waals surface area contributed by atoms with Gasteiger partial charge in [-0.15, -0.1) is 0 Å². The molecule has 0 aliphatic heterocycles. The van der Waals surface area contributed by atoms with Gasteiger partial charge < -0.3 is 20.7 Å². The molecule has 2 amide bonds. The van der Waals surface area contributed by atoms with E-state index in [0.717, 1.165) is 0 Å². The van der Waals surface area contributed by atoms with Crippen LogP contribution in [0.4, 0.5) is 17.2 Å². The highest BCUT2D eigenvalue weighted by Gasteiger charge is 2.24. The van der Waals surface area contributed by atoms with Crippen molar-refractivity contribution < 1.29 is 14.5 Å². The first-order chi connectivity index (χ1) is 14.3. The van der Waals surface area contributed by atoms with Gasteiger partial charge in [0.15, 0.2) is 0 Å². The number of nitrogens with one attached hydrogen (secondary N) is 2. The molecular formula is C19H21N7O4. The van der Waals surface area contributed by atoms with Crippen molar-refractivity contribution >= 4 is 29.0 Å². The van der Waals surface area contributed by atoms with Gasteiger partial charge in [0.05, 0.1) is 16.9 Å². The number of nitro groups is 1. The smallest absolute Gasteiger partial charge is 0.358 e. The molecule has 3 rings (SSSR count). The summed E-state index contributed by atoms with van der Waals surface area (Å²) in [6.07, 6.45) is 1.55. The van der Waals surface area contributed by atoms with Crippen molar-refractivity contribution in [2.45, 2.75) is 33.4 Å². The van der Waals surface area contributed by atoms with Crippen molar-refractivity contribution in [3.8, 4) is 0 Å². The molecule has 0 fully saturated rings. The lowest BCUT2D eigenvalue weighted by molar-refractivity contribution is -0.389. The summed E-state index contributed by atoms with van der Waals surface area (Å²) in [4.78, 5) is 35.3. The van der Waals surface area contributed by atoms with Crippen LogP contribution in [0, 0.1) is 17.0 Å². The van der Waals surface area contributed by atoms with Crippen molar-refractivity contribution in [2.75, 3.05) is 10.6 Å². The predicted octanol–water partition coefficient (Wildman–Crippen LogP) is 2.77. The minimum absolute atomic E-state index is 0.314. The highest BCUT2D eigenvalue weighted by atomic mass is 16.6. The van der Waals surface area contributed by atoms with Crippen LogP contribution in [0.2, 0.25) is 0 Å². The Morgan fingerprint density at radius 2 is 1.90 bits per heavy atom. The molecule has 11 heteroatoms. The lowest BCUT2D eigenvalue weighted by atomic mass is 10.2. The second-order valence-corrected chi connectivity index (χ2v) is 6.58. The maximum atomic E-state index is 12.6. The number of aryl methyl sites for hydroxylation is 2. The average molecular weight is 411 g/mol. The molecule has 2 N–H and O–H groups in total. The van der Waals surface area contributed by atoms with E-state index >= 15 is 0 Å². The maximum Gasteiger partial charge on any atom is 0.390 e. The molecule has 0 bridgehead atoms. The molecule has 2 aromatic heterocycles. The Bertz CT molecular complexity index is 1100. The zero-order chi connectivity index (χ0) is 21.8. The van der Waals surface area contributed by atoms with Crippen LogP contribution in [-0.4, -0.2) is 36.3 Å². The topological polar surface area (TPSA) is 137 Å². The summed E-state index contributed by atoms with van der Waals surface area (Å²) < 4.78 is 2.87. The molecule has 0 aliphatic carbocycles. The number of hydrogen-bond acceptors (Lipinski definition) is 6. The van der Waals surface area contributed by atoms with Gasteiger partial charge in [0.1, 0.15) is 11.7 Å². The lowest BCUT2D eigenvalue weighted by Crippen LogP contribution is -2.25. The van der Waals surface area contributed by atoms with E-state index in [2.05, 4.69) is 20.8 Å². The van der Waals surface area contributed by atoms with Crippen LogP contribution in [0.5, 0.6) is 0 Å². The Morgan fingerprint density at radius 1 is 1.20 bits per heavy atom. The Labute approximate surface area is 171 Å². The molecule has 1 atom stereocenters. The van der Waals surface area contributed by atoms with Gasteiger partial charge in [-0.1, -0.05) is 6.07 Å². The highest BCUT2D eigenvalue weighted by Crippen LogP contribution is 2.20. The third-order valence-corrected chi connectivity index (χ3v) is 4.48. The van der Waals surface area contributed by atoms with Crippen LogP contribution >= 0.6 is 0 Å².